The van der Waals surface area contributed by atoms with Crippen LogP contribution in [0.1, 0.15) is 22.7 Å². The van der Waals surface area contributed by atoms with Gasteiger partial charge in [0.05, 0.1) is 0 Å². The first-order valence-corrected chi connectivity index (χ1v) is 5.18. The van der Waals surface area contributed by atoms with Gasteiger partial charge in [-0.05, 0) is 18.6 Å². The minimum absolute atomic E-state index is 0.0538. The Morgan fingerprint density at radius 3 is 2.81 bits per heavy atom. The number of aromatic nitrogens is 3. The number of carbonyl (C=O) groups is 1. The molecule has 0 bridgehead atoms. The molecule has 16 heavy (non-hydrogen) atoms. The van der Waals surface area contributed by atoms with E-state index in [0.29, 0.717) is 18.7 Å². The van der Waals surface area contributed by atoms with Gasteiger partial charge >= 0.3 is 0 Å². The second-order valence-corrected chi connectivity index (χ2v) is 3.61. The molecule has 2 aromatic heterocycles. The van der Waals surface area contributed by atoms with E-state index < -0.39 is 0 Å². The molecule has 0 aromatic carbocycles. The Hall–Kier alpha value is -1.97. The molecule has 0 saturated heterocycles. The molecule has 0 aliphatic heterocycles. The first kappa shape index (κ1) is 10.5. The Bertz CT molecular complexity index is 476. The normalized spacial score (nSPS) is 10.3. The van der Waals surface area contributed by atoms with Crippen molar-refractivity contribution in [3.8, 4) is 0 Å². The van der Waals surface area contributed by atoms with Crippen molar-refractivity contribution >= 4 is 5.78 Å². The number of Topliss-reactive ketones (excluding diaryl/α,β-unsaturated/α-hetero) is 1. The third-order valence-corrected chi connectivity index (χ3v) is 2.40. The smallest absolute Gasteiger partial charge is 0.198 e. The van der Waals surface area contributed by atoms with Gasteiger partial charge in [-0.25, -0.2) is 4.98 Å². The van der Waals surface area contributed by atoms with Crippen LogP contribution in [0.2, 0.25) is 0 Å². The van der Waals surface area contributed by atoms with Gasteiger partial charge in [-0.3, -0.25) is 9.78 Å². The molecule has 0 N–H and O–H groups in total. The largest absolute Gasteiger partial charge is 0.332 e. The van der Waals surface area contributed by atoms with E-state index in [0.717, 1.165) is 5.69 Å². The van der Waals surface area contributed by atoms with Crippen molar-refractivity contribution in [1.82, 2.24) is 14.5 Å². The molecule has 2 aromatic rings. The van der Waals surface area contributed by atoms with Crippen molar-refractivity contribution in [3.05, 3.63) is 48.3 Å². The molecule has 0 atom stereocenters. The zero-order chi connectivity index (χ0) is 11.4. The van der Waals surface area contributed by atoms with Crippen molar-refractivity contribution < 1.29 is 4.79 Å². The van der Waals surface area contributed by atoms with Gasteiger partial charge in [-0.2, -0.15) is 0 Å². The van der Waals surface area contributed by atoms with E-state index in [1.807, 2.05) is 25.2 Å². The minimum Gasteiger partial charge on any atom is -0.332 e. The molecule has 0 unspecified atom stereocenters. The number of hydrogen-bond donors (Lipinski definition) is 0. The van der Waals surface area contributed by atoms with Gasteiger partial charge in [0.25, 0.3) is 0 Å². The Morgan fingerprint density at radius 1 is 1.31 bits per heavy atom. The molecule has 82 valence electrons. The zero-order valence-electron chi connectivity index (χ0n) is 9.13. The van der Waals surface area contributed by atoms with Crippen molar-refractivity contribution in [2.24, 2.45) is 7.05 Å². The van der Waals surface area contributed by atoms with Crippen LogP contribution in [0.15, 0.2) is 36.8 Å². The molecule has 0 fully saturated rings. The number of aryl methyl sites for hydroxylation is 2. The lowest BCUT2D eigenvalue weighted by molar-refractivity contribution is 0.0969. The molecule has 2 heterocycles. The Morgan fingerprint density at radius 2 is 2.19 bits per heavy atom. The van der Waals surface area contributed by atoms with Gasteiger partial charge in [0.2, 0.25) is 0 Å². The highest BCUT2D eigenvalue weighted by Gasteiger charge is 2.10. The molecule has 4 heteroatoms. The molecule has 4 nitrogen and oxygen atoms in total. The van der Waals surface area contributed by atoms with Crippen LogP contribution in [0.4, 0.5) is 0 Å². The van der Waals surface area contributed by atoms with Crippen LogP contribution in [-0.2, 0) is 13.5 Å². The maximum atomic E-state index is 11.8. The summed E-state index contributed by atoms with van der Waals surface area (Å²) in [4.78, 5) is 20.0. The number of hydrogen-bond acceptors (Lipinski definition) is 3. The summed E-state index contributed by atoms with van der Waals surface area (Å²) in [5, 5.41) is 0. The second-order valence-electron chi connectivity index (χ2n) is 3.61. The van der Waals surface area contributed by atoms with Crippen molar-refractivity contribution in [2.75, 3.05) is 0 Å². The number of imidazole rings is 1. The van der Waals surface area contributed by atoms with E-state index in [2.05, 4.69) is 9.97 Å². The topological polar surface area (TPSA) is 47.8 Å². The molecule has 0 amide bonds. The van der Waals surface area contributed by atoms with Crippen molar-refractivity contribution in [3.63, 3.8) is 0 Å². The molecule has 2 rings (SSSR count). The Kier molecular flexibility index (Phi) is 3.10. The highest BCUT2D eigenvalue weighted by atomic mass is 16.1. The predicted molar refractivity (Wildman–Crippen MR) is 60.1 cm³/mol. The fraction of sp³-hybridized carbons (Fsp3) is 0.250. The van der Waals surface area contributed by atoms with Gasteiger partial charge in [0.15, 0.2) is 11.6 Å². The number of pyridine rings is 1. The van der Waals surface area contributed by atoms with Crippen molar-refractivity contribution in [2.45, 2.75) is 12.8 Å². The van der Waals surface area contributed by atoms with Crippen LogP contribution in [0.5, 0.6) is 0 Å². The highest BCUT2D eigenvalue weighted by molar-refractivity contribution is 5.92. The quantitative estimate of drug-likeness (QED) is 0.728. The van der Waals surface area contributed by atoms with E-state index in [9.17, 15) is 4.79 Å². The van der Waals surface area contributed by atoms with Gasteiger partial charge in [-0.15, -0.1) is 0 Å². The summed E-state index contributed by atoms with van der Waals surface area (Å²) in [7, 11) is 1.82. The number of ketones is 1. The summed E-state index contributed by atoms with van der Waals surface area (Å²) in [6.45, 7) is 0. The molecular formula is C12H13N3O. The molecule has 0 saturated carbocycles. The minimum atomic E-state index is 0.0538. The summed E-state index contributed by atoms with van der Waals surface area (Å²) in [5.41, 5.74) is 0.935. The van der Waals surface area contributed by atoms with E-state index >= 15 is 0 Å². The number of nitrogens with zero attached hydrogens (tertiary/aromatic N) is 3. The van der Waals surface area contributed by atoms with E-state index in [1.165, 1.54) is 0 Å². The molecule has 0 spiro atoms. The third kappa shape index (κ3) is 2.34. The summed E-state index contributed by atoms with van der Waals surface area (Å²) in [5.74, 6) is 0.564. The van der Waals surface area contributed by atoms with Crippen LogP contribution in [0.3, 0.4) is 0 Å². The first-order chi connectivity index (χ1) is 7.77. The van der Waals surface area contributed by atoms with Crippen LogP contribution < -0.4 is 0 Å². The SMILES string of the molecule is Cn1ccnc1C(=O)CCc1ccccn1. The van der Waals surface area contributed by atoms with E-state index in [-0.39, 0.29) is 5.78 Å². The molecular weight excluding hydrogens is 202 g/mol. The number of rotatable bonds is 4. The predicted octanol–water partition coefficient (Wildman–Crippen LogP) is 1.63. The van der Waals surface area contributed by atoms with Gasteiger partial charge in [-0.1, -0.05) is 6.07 Å². The van der Waals surface area contributed by atoms with Gasteiger partial charge < -0.3 is 4.57 Å². The van der Waals surface area contributed by atoms with E-state index in [4.69, 9.17) is 0 Å². The zero-order valence-corrected chi connectivity index (χ0v) is 9.13. The third-order valence-electron chi connectivity index (χ3n) is 2.40. The van der Waals surface area contributed by atoms with Crippen molar-refractivity contribution in [1.29, 1.82) is 0 Å². The lowest BCUT2D eigenvalue weighted by atomic mass is 10.1. The number of carbonyl (C=O) groups excluding carboxylic acids is 1. The van der Waals surface area contributed by atoms with Crippen LogP contribution in [0, 0.1) is 0 Å². The lowest BCUT2D eigenvalue weighted by Crippen LogP contribution is -2.08. The molecule has 0 radical (unpaired) electrons. The maximum Gasteiger partial charge on any atom is 0.198 e. The second kappa shape index (κ2) is 4.70. The van der Waals surface area contributed by atoms with Gasteiger partial charge in [0, 0.05) is 37.8 Å². The summed E-state index contributed by atoms with van der Waals surface area (Å²) < 4.78 is 1.74. The van der Waals surface area contributed by atoms with Crippen LogP contribution >= 0.6 is 0 Å². The standard InChI is InChI=1S/C12H13N3O/c1-15-9-8-14-12(15)11(16)6-5-10-4-2-3-7-13-10/h2-4,7-9H,5-6H2,1H3. The summed E-state index contributed by atoms with van der Waals surface area (Å²) in [6.07, 6.45) is 6.25. The van der Waals surface area contributed by atoms with Crippen LogP contribution in [0.25, 0.3) is 0 Å². The Balaban J connectivity index is 1.97. The average Bonchev–Trinajstić information content (AvgIpc) is 2.74. The van der Waals surface area contributed by atoms with Crippen LogP contribution in [-0.4, -0.2) is 20.3 Å². The molecule has 0 aliphatic carbocycles. The van der Waals surface area contributed by atoms with Gasteiger partial charge in [0.1, 0.15) is 0 Å². The maximum absolute atomic E-state index is 11.8. The fourth-order valence-corrected chi connectivity index (χ4v) is 1.53. The van der Waals surface area contributed by atoms with E-state index in [1.54, 1.807) is 23.2 Å². The lowest BCUT2D eigenvalue weighted by Gasteiger charge is -2.00. The fourth-order valence-electron chi connectivity index (χ4n) is 1.53. The summed E-state index contributed by atoms with van der Waals surface area (Å²) >= 11 is 0. The Labute approximate surface area is 94.0 Å². The molecule has 0 aliphatic rings. The monoisotopic (exact) mass is 215 g/mol. The first-order valence-electron chi connectivity index (χ1n) is 5.18. The summed E-state index contributed by atoms with van der Waals surface area (Å²) in [6, 6.07) is 5.71. The highest BCUT2D eigenvalue weighted by Crippen LogP contribution is 2.04. The average molecular weight is 215 g/mol.